The van der Waals surface area contributed by atoms with E-state index in [2.05, 4.69) is 0 Å². The van der Waals surface area contributed by atoms with Crippen LogP contribution in [0.2, 0.25) is 0 Å². The van der Waals surface area contributed by atoms with Crippen LogP contribution in [0.25, 0.3) is 0 Å². The Morgan fingerprint density at radius 3 is 2.28 bits per heavy atom. The van der Waals surface area contributed by atoms with Gasteiger partial charge in [0.2, 0.25) is 0 Å². The van der Waals surface area contributed by atoms with Gasteiger partial charge in [-0.1, -0.05) is 0 Å². The molecule has 0 unspecified atom stereocenters. The predicted molar refractivity (Wildman–Crippen MR) is 63.9 cm³/mol. The van der Waals surface area contributed by atoms with E-state index < -0.39 is 32.0 Å². The standard InChI is InChI=1S/C11H17NO5S/c1-10(2,3)17-9(14)12-6-11(7-12)4-8(13)5-18(11,15)16/h4-7H2,1-3H3. The van der Waals surface area contributed by atoms with Crippen LogP contribution in [0, 0.1) is 0 Å². The lowest BCUT2D eigenvalue weighted by Gasteiger charge is -2.46. The number of rotatable bonds is 0. The molecular weight excluding hydrogens is 258 g/mol. The smallest absolute Gasteiger partial charge is 0.410 e. The second kappa shape index (κ2) is 3.69. The highest BCUT2D eigenvalue weighted by Crippen LogP contribution is 2.39. The molecule has 0 saturated carbocycles. The van der Waals surface area contributed by atoms with Crippen LogP contribution in [-0.2, 0) is 19.4 Å². The van der Waals surface area contributed by atoms with Crippen molar-refractivity contribution in [1.29, 1.82) is 0 Å². The normalized spacial score (nSPS) is 25.1. The van der Waals surface area contributed by atoms with Crippen molar-refractivity contribution in [1.82, 2.24) is 4.90 Å². The van der Waals surface area contributed by atoms with Gasteiger partial charge < -0.3 is 9.64 Å². The summed E-state index contributed by atoms with van der Waals surface area (Å²) < 4.78 is 27.8. The first-order valence-electron chi connectivity index (χ1n) is 5.77. The summed E-state index contributed by atoms with van der Waals surface area (Å²) in [6.45, 7) is 5.37. The third-order valence-corrected chi connectivity index (χ3v) is 5.56. The minimum atomic E-state index is -3.41. The zero-order chi connectivity index (χ0) is 13.8. The fourth-order valence-corrected chi connectivity index (χ4v) is 4.22. The van der Waals surface area contributed by atoms with Gasteiger partial charge in [-0.25, -0.2) is 13.2 Å². The lowest BCUT2D eigenvalue weighted by atomic mass is 9.94. The van der Waals surface area contributed by atoms with Crippen LogP contribution in [0.15, 0.2) is 0 Å². The average Bonchev–Trinajstić information content (AvgIpc) is 2.28. The first-order valence-corrected chi connectivity index (χ1v) is 7.42. The molecule has 1 spiro atoms. The number of sulfone groups is 1. The Balaban J connectivity index is 2.03. The van der Waals surface area contributed by atoms with Crippen LogP contribution in [0.4, 0.5) is 4.79 Å². The van der Waals surface area contributed by atoms with Crippen LogP contribution >= 0.6 is 0 Å². The molecule has 0 aliphatic carbocycles. The molecule has 0 aromatic rings. The summed E-state index contributed by atoms with van der Waals surface area (Å²) in [5.41, 5.74) is -0.607. The van der Waals surface area contributed by atoms with Gasteiger partial charge in [0.25, 0.3) is 0 Å². The monoisotopic (exact) mass is 275 g/mol. The number of carbonyl (C=O) groups excluding carboxylic acids is 2. The molecule has 0 aromatic heterocycles. The highest BCUT2D eigenvalue weighted by atomic mass is 32.2. The van der Waals surface area contributed by atoms with Gasteiger partial charge in [-0.2, -0.15) is 0 Å². The summed E-state index contributed by atoms with van der Waals surface area (Å²) in [5.74, 6) is -0.659. The molecule has 0 N–H and O–H groups in total. The van der Waals surface area contributed by atoms with E-state index in [0.29, 0.717) is 0 Å². The molecule has 0 radical (unpaired) electrons. The van der Waals surface area contributed by atoms with E-state index in [1.54, 1.807) is 20.8 Å². The van der Waals surface area contributed by atoms with Crippen molar-refractivity contribution in [3.05, 3.63) is 0 Å². The molecule has 6 nitrogen and oxygen atoms in total. The first-order chi connectivity index (χ1) is 8.05. The Bertz CT molecular complexity index is 496. The molecule has 2 rings (SSSR count). The fraction of sp³-hybridized carbons (Fsp3) is 0.818. The van der Waals surface area contributed by atoms with Gasteiger partial charge in [0.15, 0.2) is 9.84 Å². The lowest BCUT2D eigenvalue weighted by Crippen LogP contribution is -2.66. The summed E-state index contributed by atoms with van der Waals surface area (Å²) in [6.07, 6.45) is -0.503. The lowest BCUT2D eigenvalue weighted by molar-refractivity contribution is -0.117. The minimum absolute atomic E-state index is 0.0225. The molecule has 2 fully saturated rings. The van der Waals surface area contributed by atoms with E-state index >= 15 is 0 Å². The molecule has 2 saturated heterocycles. The van der Waals surface area contributed by atoms with Gasteiger partial charge in [-0.05, 0) is 20.8 Å². The highest BCUT2D eigenvalue weighted by Gasteiger charge is 2.60. The molecule has 0 aromatic carbocycles. The molecule has 7 heteroatoms. The van der Waals surface area contributed by atoms with Gasteiger partial charge in [0.1, 0.15) is 21.9 Å². The van der Waals surface area contributed by atoms with E-state index in [9.17, 15) is 18.0 Å². The molecule has 102 valence electrons. The first kappa shape index (κ1) is 13.3. The van der Waals surface area contributed by atoms with Crippen molar-refractivity contribution in [2.45, 2.75) is 37.5 Å². The van der Waals surface area contributed by atoms with Crippen LogP contribution in [0.1, 0.15) is 27.2 Å². The summed E-state index contributed by atoms with van der Waals surface area (Å²) >= 11 is 0. The number of likely N-dealkylation sites (tertiary alicyclic amines) is 1. The number of Topliss-reactive ketones (excluding diaryl/α,β-unsaturated/α-hetero) is 1. The van der Waals surface area contributed by atoms with E-state index in [0.717, 1.165) is 0 Å². The van der Waals surface area contributed by atoms with E-state index in [-0.39, 0.29) is 25.3 Å². The van der Waals surface area contributed by atoms with E-state index in [1.807, 2.05) is 0 Å². The quantitative estimate of drug-likeness (QED) is 0.638. The predicted octanol–water partition coefficient (Wildman–Crippen LogP) is 0.364. The van der Waals surface area contributed by atoms with E-state index in [1.165, 1.54) is 4.90 Å². The number of carbonyl (C=O) groups is 2. The van der Waals surface area contributed by atoms with Gasteiger partial charge in [-0.15, -0.1) is 0 Å². The maximum atomic E-state index is 11.8. The molecular formula is C11H17NO5S. The number of ketones is 1. The molecule has 0 atom stereocenters. The SMILES string of the molecule is CC(C)(C)OC(=O)N1CC2(CC(=O)CS2(=O)=O)C1. The van der Waals surface area contributed by atoms with Gasteiger partial charge in [0.05, 0.1) is 0 Å². The molecule has 1 amide bonds. The van der Waals surface area contributed by atoms with Gasteiger partial charge in [0, 0.05) is 19.5 Å². The molecule has 2 aliphatic heterocycles. The van der Waals surface area contributed by atoms with Gasteiger partial charge >= 0.3 is 6.09 Å². The Kier molecular flexibility index (Phi) is 2.73. The molecule has 18 heavy (non-hydrogen) atoms. The van der Waals surface area contributed by atoms with Crippen molar-refractivity contribution < 1.29 is 22.7 Å². The second-order valence-electron chi connectivity index (χ2n) is 5.99. The third kappa shape index (κ3) is 2.11. The number of hydrogen-bond acceptors (Lipinski definition) is 5. The number of nitrogens with zero attached hydrogens (tertiary/aromatic N) is 1. The Labute approximate surface area is 106 Å². The number of hydrogen-bond donors (Lipinski definition) is 0. The van der Waals surface area contributed by atoms with Crippen molar-refractivity contribution in [2.75, 3.05) is 18.8 Å². The Morgan fingerprint density at radius 1 is 1.33 bits per heavy atom. The van der Waals surface area contributed by atoms with Crippen molar-refractivity contribution in [2.24, 2.45) is 0 Å². The number of ether oxygens (including phenoxy) is 1. The highest BCUT2D eigenvalue weighted by molar-refractivity contribution is 7.94. The Hall–Kier alpha value is -1.11. The average molecular weight is 275 g/mol. The van der Waals surface area contributed by atoms with Crippen molar-refractivity contribution in [3.8, 4) is 0 Å². The zero-order valence-corrected chi connectivity index (χ0v) is 11.5. The van der Waals surface area contributed by atoms with E-state index in [4.69, 9.17) is 4.74 Å². The summed E-state index contributed by atoms with van der Waals surface area (Å²) in [4.78, 5) is 24.3. The van der Waals surface area contributed by atoms with Crippen LogP contribution < -0.4 is 0 Å². The fourth-order valence-electron chi connectivity index (χ4n) is 2.30. The molecule has 0 bridgehead atoms. The molecule has 2 aliphatic rings. The third-order valence-electron chi connectivity index (χ3n) is 3.14. The topological polar surface area (TPSA) is 80.8 Å². The number of amides is 1. The van der Waals surface area contributed by atoms with Crippen molar-refractivity contribution in [3.63, 3.8) is 0 Å². The van der Waals surface area contributed by atoms with Crippen molar-refractivity contribution >= 4 is 21.7 Å². The van der Waals surface area contributed by atoms with Crippen LogP contribution in [-0.4, -0.2) is 54.4 Å². The maximum absolute atomic E-state index is 11.8. The molecule has 2 heterocycles. The van der Waals surface area contributed by atoms with Crippen LogP contribution in [0.3, 0.4) is 0 Å². The van der Waals surface area contributed by atoms with Crippen LogP contribution in [0.5, 0.6) is 0 Å². The Morgan fingerprint density at radius 2 is 1.89 bits per heavy atom. The second-order valence-corrected chi connectivity index (χ2v) is 8.38. The zero-order valence-electron chi connectivity index (χ0n) is 10.7. The largest absolute Gasteiger partial charge is 0.444 e. The summed E-state index contributed by atoms with van der Waals surface area (Å²) in [5, 5.41) is 0. The van der Waals surface area contributed by atoms with Gasteiger partial charge in [-0.3, -0.25) is 4.79 Å². The minimum Gasteiger partial charge on any atom is -0.444 e. The summed E-state index contributed by atoms with van der Waals surface area (Å²) in [6, 6.07) is 0. The maximum Gasteiger partial charge on any atom is 0.410 e. The summed E-state index contributed by atoms with van der Waals surface area (Å²) in [7, 11) is -3.41.